The minimum Gasteiger partial charge on any atom is -0.444 e. The maximum Gasteiger partial charge on any atom is 0.407 e. The molecule has 2 aliphatic rings. The van der Waals surface area contributed by atoms with Gasteiger partial charge >= 0.3 is 6.09 Å². The number of carbonyl (C=O) groups excluding carboxylic acids is 1. The first-order valence-corrected chi connectivity index (χ1v) is 8.63. The lowest BCUT2D eigenvalue weighted by Crippen LogP contribution is -2.47. The number of nitrogens with one attached hydrogen (secondary N) is 2. The molecule has 2 bridgehead atoms. The van der Waals surface area contributed by atoms with E-state index in [-0.39, 0.29) is 12.1 Å². The Hall–Kier alpha value is -1.03. The molecule has 0 aromatic carbocycles. The number of rotatable bonds is 6. The lowest BCUT2D eigenvalue weighted by Gasteiger charge is -2.27. The molecule has 2 aliphatic carbocycles. The monoisotopic (exact) mass is 308 g/mol. The van der Waals surface area contributed by atoms with E-state index in [1.807, 2.05) is 20.8 Å². The molecular formula is C18H32N2O2. The molecule has 1 saturated carbocycles. The number of carbonyl (C=O) groups is 1. The van der Waals surface area contributed by atoms with Crippen LogP contribution in [0.2, 0.25) is 0 Å². The van der Waals surface area contributed by atoms with Gasteiger partial charge in [-0.3, -0.25) is 0 Å². The van der Waals surface area contributed by atoms with Crippen LogP contribution in [0, 0.1) is 23.7 Å². The number of hydrogen-bond donors (Lipinski definition) is 2. The summed E-state index contributed by atoms with van der Waals surface area (Å²) in [5.74, 6) is 2.73. The van der Waals surface area contributed by atoms with Crippen LogP contribution in [-0.4, -0.2) is 30.8 Å². The summed E-state index contributed by atoms with van der Waals surface area (Å²) in [6.45, 7) is 11.8. The van der Waals surface area contributed by atoms with Crippen LogP contribution in [0.1, 0.15) is 47.5 Å². The molecule has 0 aliphatic heterocycles. The number of hydrogen-bond acceptors (Lipinski definition) is 3. The van der Waals surface area contributed by atoms with E-state index in [0.717, 1.165) is 30.8 Å². The van der Waals surface area contributed by atoms with E-state index in [4.69, 9.17) is 4.74 Å². The number of fused-ring (bicyclic) bond motifs is 2. The van der Waals surface area contributed by atoms with Crippen molar-refractivity contribution < 1.29 is 9.53 Å². The Morgan fingerprint density at radius 1 is 1.27 bits per heavy atom. The molecule has 4 heteroatoms. The molecule has 0 spiro atoms. The van der Waals surface area contributed by atoms with Crippen LogP contribution in [0.3, 0.4) is 0 Å². The van der Waals surface area contributed by atoms with Gasteiger partial charge in [0, 0.05) is 12.6 Å². The van der Waals surface area contributed by atoms with Crippen molar-refractivity contribution in [3.8, 4) is 0 Å². The second-order valence-corrected chi connectivity index (χ2v) is 8.20. The number of alkyl carbamates (subject to hydrolysis) is 1. The van der Waals surface area contributed by atoms with E-state index in [1.165, 1.54) is 12.8 Å². The van der Waals surface area contributed by atoms with Crippen molar-refractivity contribution >= 4 is 6.09 Å². The SMILES string of the molecule is CC(C)C(CNCC1CC2C=CC1C2)NC(=O)OC(C)(C)C. The number of amides is 1. The van der Waals surface area contributed by atoms with Gasteiger partial charge in [0.15, 0.2) is 0 Å². The Morgan fingerprint density at radius 2 is 2.00 bits per heavy atom. The fourth-order valence-electron chi connectivity index (χ4n) is 3.47. The minimum absolute atomic E-state index is 0.101. The van der Waals surface area contributed by atoms with Crippen molar-refractivity contribution in [2.24, 2.45) is 23.7 Å². The predicted octanol–water partition coefficient (Wildman–Crippen LogP) is 3.34. The summed E-state index contributed by atoms with van der Waals surface area (Å²) >= 11 is 0. The zero-order valence-corrected chi connectivity index (χ0v) is 14.7. The zero-order chi connectivity index (χ0) is 16.3. The van der Waals surface area contributed by atoms with Gasteiger partial charge in [0.2, 0.25) is 0 Å². The third-order valence-corrected chi connectivity index (χ3v) is 4.69. The van der Waals surface area contributed by atoms with E-state index in [9.17, 15) is 4.79 Å². The average Bonchev–Trinajstić information content (AvgIpc) is 2.97. The van der Waals surface area contributed by atoms with Crippen LogP contribution in [0.5, 0.6) is 0 Å². The van der Waals surface area contributed by atoms with E-state index < -0.39 is 5.60 Å². The van der Waals surface area contributed by atoms with Crippen molar-refractivity contribution in [2.75, 3.05) is 13.1 Å². The Morgan fingerprint density at radius 3 is 2.50 bits per heavy atom. The molecule has 1 amide bonds. The molecule has 2 N–H and O–H groups in total. The third-order valence-electron chi connectivity index (χ3n) is 4.69. The molecule has 4 atom stereocenters. The summed E-state index contributed by atoms with van der Waals surface area (Å²) in [5, 5.41) is 6.55. The molecule has 0 aromatic rings. The van der Waals surface area contributed by atoms with Gasteiger partial charge < -0.3 is 15.4 Å². The van der Waals surface area contributed by atoms with Gasteiger partial charge in [-0.2, -0.15) is 0 Å². The van der Waals surface area contributed by atoms with Crippen molar-refractivity contribution in [2.45, 2.75) is 59.1 Å². The van der Waals surface area contributed by atoms with Gasteiger partial charge in [0.1, 0.15) is 5.60 Å². The van der Waals surface area contributed by atoms with Crippen LogP contribution in [0.4, 0.5) is 4.79 Å². The maximum atomic E-state index is 11.9. The molecular weight excluding hydrogens is 276 g/mol. The molecule has 4 nitrogen and oxygen atoms in total. The van der Waals surface area contributed by atoms with Crippen molar-refractivity contribution in [1.82, 2.24) is 10.6 Å². The summed E-state index contributed by atoms with van der Waals surface area (Å²) in [7, 11) is 0. The summed E-state index contributed by atoms with van der Waals surface area (Å²) in [5.41, 5.74) is -0.450. The zero-order valence-electron chi connectivity index (χ0n) is 14.7. The largest absolute Gasteiger partial charge is 0.444 e. The number of allylic oxidation sites excluding steroid dienone is 2. The van der Waals surface area contributed by atoms with Crippen LogP contribution in [0.15, 0.2) is 12.2 Å². The van der Waals surface area contributed by atoms with Crippen LogP contribution >= 0.6 is 0 Å². The lowest BCUT2D eigenvalue weighted by molar-refractivity contribution is 0.0490. The highest BCUT2D eigenvalue weighted by atomic mass is 16.6. The highest BCUT2D eigenvalue weighted by molar-refractivity contribution is 5.68. The quantitative estimate of drug-likeness (QED) is 0.740. The topological polar surface area (TPSA) is 50.4 Å². The molecule has 0 heterocycles. The van der Waals surface area contributed by atoms with Crippen LogP contribution in [-0.2, 0) is 4.74 Å². The van der Waals surface area contributed by atoms with Gasteiger partial charge in [0.05, 0.1) is 0 Å². The Labute approximate surface area is 135 Å². The molecule has 0 radical (unpaired) electrons. The summed E-state index contributed by atoms with van der Waals surface area (Å²) < 4.78 is 5.35. The molecule has 22 heavy (non-hydrogen) atoms. The van der Waals surface area contributed by atoms with Gasteiger partial charge in [0.25, 0.3) is 0 Å². The first-order valence-electron chi connectivity index (χ1n) is 8.63. The van der Waals surface area contributed by atoms with Crippen LogP contribution < -0.4 is 10.6 Å². The highest BCUT2D eigenvalue weighted by Gasteiger charge is 2.35. The Bertz CT molecular complexity index is 412. The Balaban J connectivity index is 1.72. The fraction of sp³-hybridized carbons (Fsp3) is 0.833. The summed E-state index contributed by atoms with van der Waals surface area (Å²) in [4.78, 5) is 11.9. The first-order chi connectivity index (χ1) is 10.2. The van der Waals surface area contributed by atoms with Crippen molar-refractivity contribution in [1.29, 1.82) is 0 Å². The molecule has 0 aromatic heterocycles. The van der Waals surface area contributed by atoms with Gasteiger partial charge in [-0.1, -0.05) is 26.0 Å². The highest BCUT2D eigenvalue weighted by Crippen LogP contribution is 2.42. The van der Waals surface area contributed by atoms with E-state index in [0.29, 0.717) is 5.92 Å². The molecule has 126 valence electrons. The first kappa shape index (κ1) is 17.3. The maximum absolute atomic E-state index is 11.9. The van der Waals surface area contributed by atoms with Crippen molar-refractivity contribution in [3.63, 3.8) is 0 Å². The van der Waals surface area contributed by atoms with Crippen molar-refractivity contribution in [3.05, 3.63) is 12.2 Å². The third kappa shape index (κ3) is 5.01. The summed E-state index contributed by atoms with van der Waals surface area (Å²) in [6, 6.07) is 0.101. The minimum atomic E-state index is -0.450. The second-order valence-electron chi connectivity index (χ2n) is 8.20. The fourth-order valence-corrected chi connectivity index (χ4v) is 3.47. The van der Waals surface area contributed by atoms with E-state index in [1.54, 1.807) is 0 Å². The Kier molecular flexibility index (Phi) is 5.54. The van der Waals surface area contributed by atoms with Gasteiger partial charge in [-0.25, -0.2) is 4.79 Å². The normalized spacial score (nSPS) is 28.2. The standard InChI is InChI=1S/C18H32N2O2/c1-12(2)16(20-17(21)22-18(3,4)5)11-19-10-15-9-13-6-7-14(15)8-13/h6-7,12-16,19H,8-11H2,1-5H3,(H,20,21). The molecule has 2 rings (SSSR count). The van der Waals surface area contributed by atoms with Gasteiger partial charge in [-0.05, 0) is 63.8 Å². The summed E-state index contributed by atoms with van der Waals surface area (Å²) in [6.07, 6.45) is 7.10. The second kappa shape index (κ2) is 7.03. The molecule has 4 unspecified atom stereocenters. The van der Waals surface area contributed by atoms with E-state index in [2.05, 4.69) is 36.6 Å². The van der Waals surface area contributed by atoms with E-state index >= 15 is 0 Å². The molecule has 0 saturated heterocycles. The number of ether oxygens (including phenoxy) is 1. The average molecular weight is 308 g/mol. The lowest BCUT2D eigenvalue weighted by atomic mass is 9.93. The molecule has 1 fully saturated rings. The smallest absolute Gasteiger partial charge is 0.407 e. The van der Waals surface area contributed by atoms with Gasteiger partial charge in [-0.15, -0.1) is 0 Å². The van der Waals surface area contributed by atoms with Crippen LogP contribution in [0.25, 0.3) is 0 Å². The predicted molar refractivity (Wildman–Crippen MR) is 89.7 cm³/mol.